The highest BCUT2D eigenvalue weighted by Gasteiger charge is 2.47. The highest BCUT2D eigenvalue weighted by molar-refractivity contribution is 9.10. The molecule has 1 aromatic carbocycles. The Morgan fingerprint density at radius 1 is 1.47 bits per heavy atom. The maximum Gasteiger partial charge on any atom is 0.343 e. The van der Waals surface area contributed by atoms with Gasteiger partial charge in [-0.1, -0.05) is 27.5 Å². The Bertz CT molecular complexity index is 554. The molecule has 2 rings (SSSR count). The molecule has 0 aliphatic carbocycles. The maximum atomic E-state index is 13.9. The lowest BCUT2D eigenvalue weighted by atomic mass is 10.1. The number of hydrogen-bond donors (Lipinski definition) is 1. The smallest absolute Gasteiger partial charge is 0.343 e. The molecule has 1 N–H and O–H groups in total. The minimum atomic E-state index is -2.36. The number of benzene rings is 1. The Morgan fingerprint density at radius 2 is 2.16 bits per heavy atom. The topological polar surface area (TPSA) is 57.6 Å². The molecule has 1 aliphatic rings. The molecule has 1 amide bonds. The molecule has 4 nitrogen and oxygen atoms in total. The van der Waals surface area contributed by atoms with Gasteiger partial charge in [0, 0.05) is 17.4 Å². The summed E-state index contributed by atoms with van der Waals surface area (Å²) >= 11 is 9.17. The summed E-state index contributed by atoms with van der Waals surface area (Å²) in [7, 11) is 0. The molecule has 0 saturated carbocycles. The number of amides is 1. The molecular weight excluding hydrogens is 340 g/mol. The first-order valence-electron chi connectivity index (χ1n) is 5.50. The summed E-state index contributed by atoms with van der Waals surface area (Å²) in [5, 5.41) is 9.03. The van der Waals surface area contributed by atoms with Gasteiger partial charge in [-0.05, 0) is 18.2 Å². The molecule has 1 unspecified atom stereocenters. The molecule has 102 valence electrons. The van der Waals surface area contributed by atoms with Gasteiger partial charge < -0.3 is 10.0 Å². The van der Waals surface area contributed by atoms with Crippen molar-refractivity contribution in [1.82, 2.24) is 4.90 Å². The lowest BCUT2D eigenvalue weighted by molar-refractivity contribution is -0.149. The van der Waals surface area contributed by atoms with Crippen LogP contribution in [-0.2, 0) is 4.79 Å². The van der Waals surface area contributed by atoms with Crippen molar-refractivity contribution >= 4 is 39.4 Å². The highest BCUT2D eigenvalue weighted by Crippen LogP contribution is 2.29. The number of carbonyl (C=O) groups is 2. The fourth-order valence-corrected chi connectivity index (χ4v) is 2.71. The van der Waals surface area contributed by atoms with E-state index in [1.165, 1.54) is 11.0 Å². The number of hydrogen-bond acceptors (Lipinski definition) is 2. The zero-order valence-corrected chi connectivity index (χ0v) is 12.0. The lowest BCUT2D eigenvalue weighted by Crippen LogP contribution is -2.39. The van der Waals surface area contributed by atoms with Crippen LogP contribution in [0.2, 0.25) is 5.02 Å². The third-order valence-corrected chi connectivity index (χ3v) is 3.86. The van der Waals surface area contributed by atoms with Gasteiger partial charge >= 0.3 is 5.97 Å². The Hall–Kier alpha value is -1.14. The van der Waals surface area contributed by atoms with E-state index >= 15 is 0 Å². The van der Waals surface area contributed by atoms with Gasteiger partial charge in [0.25, 0.3) is 5.91 Å². The first kappa shape index (κ1) is 14.3. The second-order valence-corrected chi connectivity index (χ2v) is 5.69. The summed E-state index contributed by atoms with van der Waals surface area (Å²) in [5.41, 5.74) is -2.13. The quantitative estimate of drug-likeness (QED) is 0.892. The van der Waals surface area contributed by atoms with E-state index in [4.69, 9.17) is 16.7 Å². The average Bonchev–Trinajstić information content (AvgIpc) is 2.73. The zero-order valence-electron chi connectivity index (χ0n) is 9.70. The lowest BCUT2D eigenvalue weighted by Gasteiger charge is -2.18. The van der Waals surface area contributed by atoms with Crippen molar-refractivity contribution in [2.45, 2.75) is 12.1 Å². The zero-order chi connectivity index (χ0) is 14.2. The molecule has 0 radical (unpaired) electrons. The molecule has 19 heavy (non-hydrogen) atoms. The highest BCUT2D eigenvalue weighted by atomic mass is 79.9. The van der Waals surface area contributed by atoms with Gasteiger partial charge in [0.1, 0.15) is 0 Å². The molecular formula is C12H10BrClFNO3. The van der Waals surface area contributed by atoms with Crippen molar-refractivity contribution in [1.29, 1.82) is 0 Å². The number of halogens is 3. The van der Waals surface area contributed by atoms with Crippen molar-refractivity contribution in [3.63, 3.8) is 0 Å². The molecule has 7 heteroatoms. The van der Waals surface area contributed by atoms with Gasteiger partial charge in [-0.15, -0.1) is 0 Å². The normalized spacial score (nSPS) is 22.6. The van der Waals surface area contributed by atoms with Crippen LogP contribution >= 0.6 is 27.5 Å². The van der Waals surface area contributed by atoms with E-state index in [0.29, 0.717) is 0 Å². The monoisotopic (exact) mass is 349 g/mol. The largest absolute Gasteiger partial charge is 0.479 e. The second kappa shape index (κ2) is 5.09. The van der Waals surface area contributed by atoms with Crippen LogP contribution in [-0.4, -0.2) is 40.6 Å². The van der Waals surface area contributed by atoms with Gasteiger partial charge in [0.05, 0.1) is 17.1 Å². The van der Waals surface area contributed by atoms with Gasteiger partial charge in [0.15, 0.2) is 0 Å². The molecule has 1 fully saturated rings. The van der Waals surface area contributed by atoms with E-state index in [0.717, 1.165) is 4.47 Å². The summed E-state index contributed by atoms with van der Waals surface area (Å²) < 4.78 is 14.6. The number of aliphatic carboxylic acids is 1. The second-order valence-electron chi connectivity index (χ2n) is 4.37. The average molecular weight is 351 g/mol. The first-order chi connectivity index (χ1) is 8.83. The number of carboxylic acid groups (broad SMARTS) is 1. The Balaban J connectivity index is 2.20. The van der Waals surface area contributed by atoms with E-state index < -0.39 is 24.1 Å². The van der Waals surface area contributed by atoms with Crippen LogP contribution in [0.4, 0.5) is 4.39 Å². The summed E-state index contributed by atoms with van der Waals surface area (Å²) in [5.74, 6) is -2.00. The molecule has 0 spiro atoms. The molecule has 1 aromatic rings. The van der Waals surface area contributed by atoms with Crippen LogP contribution < -0.4 is 0 Å². The van der Waals surface area contributed by atoms with Crippen molar-refractivity contribution in [2.75, 3.05) is 13.1 Å². The summed E-state index contributed by atoms with van der Waals surface area (Å²) in [6.45, 7) is -0.387. The number of rotatable bonds is 2. The van der Waals surface area contributed by atoms with Crippen LogP contribution in [0.15, 0.2) is 22.7 Å². The van der Waals surface area contributed by atoms with Gasteiger partial charge in [-0.3, -0.25) is 4.79 Å². The predicted octanol–water partition coefficient (Wildman–Crippen LogP) is 2.74. The van der Waals surface area contributed by atoms with Crippen LogP contribution in [0, 0.1) is 0 Å². The number of nitrogens with zero attached hydrogens (tertiary/aromatic N) is 1. The molecule has 0 bridgehead atoms. The van der Waals surface area contributed by atoms with E-state index in [1.807, 2.05) is 0 Å². The first-order valence-corrected chi connectivity index (χ1v) is 6.67. The standard InChI is InChI=1S/C12H10BrClFNO3/c13-7-1-2-8(9(14)5-7)10(17)16-4-3-12(15,6-16)11(18)19/h1-2,5H,3-4,6H2,(H,18,19). The fraction of sp³-hybridized carbons (Fsp3) is 0.333. The van der Waals surface area contributed by atoms with Crippen molar-refractivity contribution in [3.05, 3.63) is 33.3 Å². The molecule has 1 atom stereocenters. The number of alkyl halides is 1. The molecule has 0 aromatic heterocycles. The summed E-state index contributed by atoms with van der Waals surface area (Å²) in [4.78, 5) is 24.1. The van der Waals surface area contributed by atoms with Crippen molar-refractivity contribution in [2.24, 2.45) is 0 Å². The number of carbonyl (C=O) groups excluding carboxylic acids is 1. The van der Waals surface area contributed by atoms with Crippen molar-refractivity contribution in [3.8, 4) is 0 Å². The van der Waals surface area contributed by atoms with Crippen LogP contribution in [0.25, 0.3) is 0 Å². The van der Waals surface area contributed by atoms with Crippen LogP contribution in [0.3, 0.4) is 0 Å². The van der Waals surface area contributed by atoms with E-state index in [1.54, 1.807) is 12.1 Å². The van der Waals surface area contributed by atoms with E-state index in [-0.39, 0.29) is 23.6 Å². The third-order valence-electron chi connectivity index (χ3n) is 3.05. The number of carboxylic acids is 1. The minimum Gasteiger partial charge on any atom is -0.479 e. The van der Waals surface area contributed by atoms with Crippen LogP contribution in [0.5, 0.6) is 0 Å². The maximum absolute atomic E-state index is 13.9. The molecule has 1 saturated heterocycles. The molecule has 1 heterocycles. The Morgan fingerprint density at radius 3 is 2.68 bits per heavy atom. The molecule has 1 aliphatic heterocycles. The Kier molecular flexibility index (Phi) is 3.82. The van der Waals surface area contributed by atoms with Gasteiger partial charge in [-0.25, -0.2) is 9.18 Å². The van der Waals surface area contributed by atoms with Crippen LogP contribution in [0.1, 0.15) is 16.8 Å². The van der Waals surface area contributed by atoms with Gasteiger partial charge in [0.2, 0.25) is 5.67 Å². The predicted molar refractivity (Wildman–Crippen MR) is 71.1 cm³/mol. The SMILES string of the molecule is O=C(c1ccc(Br)cc1Cl)N1CCC(F)(C(=O)O)C1. The fourth-order valence-electron chi connectivity index (χ4n) is 1.95. The Labute approximate surface area is 122 Å². The summed E-state index contributed by atoms with van der Waals surface area (Å²) in [6.07, 6.45) is -0.206. The van der Waals surface area contributed by atoms with E-state index in [2.05, 4.69) is 15.9 Å². The summed E-state index contributed by atoms with van der Waals surface area (Å²) in [6, 6.07) is 4.73. The van der Waals surface area contributed by atoms with Gasteiger partial charge in [-0.2, -0.15) is 0 Å². The van der Waals surface area contributed by atoms with E-state index in [9.17, 15) is 14.0 Å². The third kappa shape index (κ3) is 2.74. The minimum absolute atomic E-state index is 0.0635. The van der Waals surface area contributed by atoms with Crippen molar-refractivity contribution < 1.29 is 19.1 Å². The number of likely N-dealkylation sites (tertiary alicyclic amines) is 1.